The van der Waals surface area contributed by atoms with E-state index < -0.39 is 6.10 Å². The topological polar surface area (TPSA) is 58.6 Å². The van der Waals surface area contributed by atoms with Gasteiger partial charge < -0.3 is 15.2 Å². The van der Waals surface area contributed by atoms with Crippen molar-refractivity contribution in [2.75, 3.05) is 19.8 Å². The molecule has 1 aliphatic carbocycles. The number of aliphatic hydroxyl groups is 1. The summed E-state index contributed by atoms with van der Waals surface area (Å²) in [6.45, 7) is 1.18. The maximum Gasteiger partial charge on any atom is 0.244 e. The van der Waals surface area contributed by atoms with Gasteiger partial charge in [-0.25, -0.2) is 0 Å². The molecule has 4 nitrogen and oxygen atoms in total. The molecule has 2 N–H and O–H groups in total. The fourth-order valence-electron chi connectivity index (χ4n) is 2.55. The number of carbonyl (C=O) groups is 1. The second kappa shape index (κ2) is 8.08. The van der Waals surface area contributed by atoms with Gasteiger partial charge in [0.2, 0.25) is 5.91 Å². The van der Waals surface area contributed by atoms with Crippen LogP contribution in [0.25, 0.3) is 16.8 Å². The van der Waals surface area contributed by atoms with E-state index in [1.54, 1.807) is 6.08 Å². The molecule has 0 aliphatic heterocycles. The molecule has 0 radical (unpaired) electrons. The number of nitrogens with one attached hydrogen (secondary N) is 1. The lowest BCUT2D eigenvalue weighted by molar-refractivity contribution is -0.117. The summed E-state index contributed by atoms with van der Waals surface area (Å²) in [4.78, 5) is 11.9. The first-order valence-electron chi connectivity index (χ1n) is 8.42. The van der Waals surface area contributed by atoms with E-state index in [0.29, 0.717) is 12.5 Å². The number of hydrogen-bond donors (Lipinski definition) is 2. The zero-order chi connectivity index (χ0) is 16.8. The molecule has 1 atom stereocenters. The molecule has 2 aromatic rings. The molecule has 0 heterocycles. The van der Waals surface area contributed by atoms with Crippen molar-refractivity contribution >= 4 is 22.8 Å². The summed E-state index contributed by atoms with van der Waals surface area (Å²) >= 11 is 0. The highest BCUT2D eigenvalue weighted by molar-refractivity contribution is 5.96. The largest absolute Gasteiger partial charge is 0.389 e. The Balaban J connectivity index is 1.47. The fraction of sp³-hybridized carbons (Fsp3) is 0.350. The summed E-state index contributed by atoms with van der Waals surface area (Å²) in [6, 6.07) is 14.1. The second-order valence-corrected chi connectivity index (χ2v) is 6.28. The molecule has 0 bridgehead atoms. The van der Waals surface area contributed by atoms with Crippen molar-refractivity contribution in [2.45, 2.75) is 18.9 Å². The van der Waals surface area contributed by atoms with E-state index in [1.807, 2.05) is 42.5 Å². The molecule has 24 heavy (non-hydrogen) atoms. The minimum Gasteiger partial charge on any atom is -0.389 e. The summed E-state index contributed by atoms with van der Waals surface area (Å²) in [5.74, 6) is 0.458. The van der Waals surface area contributed by atoms with Crippen molar-refractivity contribution in [1.29, 1.82) is 0 Å². The van der Waals surface area contributed by atoms with E-state index in [1.165, 1.54) is 18.9 Å². The first-order valence-corrected chi connectivity index (χ1v) is 8.42. The van der Waals surface area contributed by atoms with Crippen LogP contribution < -0.4 is 5.32 Å². The number of rotatable bonds is 8. The molecule has 1 fully saturated rings. The van der Waals surface area contributed by atoms with E-state index in [-0.39, 0.29) is 19.1 Å². The summed E-state index contributed by atoms with van der Waals surface area (Å²) in [5.41, 5.74) is 0.997. The predicted octanol–water partition coefficient (Wildman–Crippen LogP) is 2.76. The van der Waals surface area contributed by atoms with E-state index in [0.717, 1.165) is 16.3 Å². The highest BCUT2D eigenvalue weighted by Gasteiger charge is 2.21. The molecule has 0 spiro atoms. The van der Waals surface area contributed by atoms with Gasteiger partial charge in [-0.1, -0.05) is 42.5 Å². The van der Waals surface area contributed by atoms with Crippen molar-refractivity contribution in [3.05, 3.63) is 54.1 Å². The van der Waals surface area contributed by atoms with E-state index >= 15 is 0 Å². The molecule has 3 rings (SSSR count). The van der Waals surface area contributed by atoms with E-state index in [2.05, 4.69) is 5.32 Å². The van der Waals surface area contributed by atoms with Gasteiger partial charge in [0.05, 0.1) is 12.7 Å². The first-order chi connectivity index (χ1) is 11.7. The van der Waals surface area contributed by atoms with Crippen LogP contribution in [0.4, 0.5) is 0 Å². The summed E-state index contributed by atoms with van der Waals surface area (Å²) in [5, 5.41) is 14.7. The van der Waals surface area contributed by atoms with Crippen LogP contribution >= 0.6 is 0 Å². The summed E-state index contributed by atoms with van der Waals surface area (Å²) in [7, 11) is 0. The molecule has 1 saturated carbocycles. The Morgan fingerprint density at radius 1 is 1.25 bits per heavy atom. The van der Waals surface area contributed by atoms with Gasteiger partial charge in [0.1, 0.15) is 0 Å². The van der Waals surface area contributed by atoms with Crippen molar-refractivity contribution in [1.82, 2.24) is 5.32 Å². The lowest BCUT2D eigenvalue weighted by Crippen LogP contribution is -2.33. The maximum absolute atomic E-state index is 11.9. The highest BCUT2D eigenvalue weighted by atomic mass is 16.5. The molecule has 1 aliphatic rings. The quantitative estimate of drug-likeness (QED) is 0.734. The second-order valence-electron chi connectivity index (χ2n) is 6.28. The fourth-order valence-corrected chi connectivity index (χ4v) is 2.55. The minimum atomic E-state index is -0.668. The number of hydrogen-bond acceptors (Lipinski definition) is 3. The number of aliphatic hydroxyl groups excluding tert-OH is 1. The number of carbonyl (C=O) groups excluding carboxylic acids is 1. The average Bonchev–Trinajstić information content (AvgIpc) is 3.42. The van der Waals surface area contributed by atoms with Crippen LogP contribution in [-0.2, 0) is 9.53 Å². The standard InChI is InChI=1S/C20H23NO3/c22-18(14-24-13-15-8-9-15)12-21-20(23)11-10-17-6-3-5-16-4-1-2-7-19(16)17/h1-7,10-11,15,18,22H,8-9,12-14H2,(H,21,23)/b11-10+. The lowest BCUT2D eigenvalue weighted by atomic mass is 10.0. The lowest BCUT2D eigenvalue weighted by Gasteiger charge is -2.11. The van der Waals surface area contributed by atoms with Gasteiger partial charge in [-0.3, -0.25) is 4.79 Å². The van der Waals surface area contributed by atoms with E-state index in [9.17, 15) is 9.90 Å². The van der Waals surface area contributed by atoms with Crippen LogP contribution in [0.2, 0.25) is 0 Å². The Hall–Kier alpha value is -2.17. The molecule has 126 valence electrons. The monoisotopic (exact) mass is 325 g/mol. The Labute approximate surface area is 142 Å². The molecule has 0 saturated heterocycles. The van der Waals surface area contributed by atoms with Gasteiger partial charge in [-0.15, -0.1) is 0 Å². The van der Waals surface area contributed by atoms with Crippen molar-refractivity contribution in [3.8, 4) is 0 Å². The van der Waals surface area contributed by atoms with Gasteiger partial charge >= 0.3 is 0 Å². The van der Waals surface area contributed by atoms with Crippen LogP contribution in [-0.4, -0.2) is 36.9 Å². The average molecular weight is 325 g/mol. The molecule has 4 heteroatoms. The van der Waals surface area contributed by atoms with Gasteiger partial charge in [0.25, 0.3) is 0 Å². The van der Waals surface area contributed by atoms with Gasteiger partial charge in [-0.2, -0.15) is 0 Å². The number of ether oxygens (including phenoxy) is 1. The van der Waals surface area contributed by atoms with Crippen LogP contribution in [0.15, 0.2) is 48.5 Å². The molecule has 2 aromatic carbocycles. The number of benzene rings is 2. The van der Waals surface area contributed by atoms with Crippen LogP contribution in [0.5, 0.6) is 0 Å². The highest BCUT2D eigenvalue weighted by Crippen LogP contribution is 2.28. The zero-order valence-corrected chi connectivity index (χ0v) is 13.7. The molecule has 1 unspecified atom stereocenters. The maximum atomic E-state index is 11.9. The normalized spacial score (nSPS) is 15.7. The smallest absolute Gasteiger partial charge is 0.244 e. The molecule has 0 aromatic heterocycles. The third-order valence-corrected chi connectivity index (χ3v) is 4.11. The Morgan fingerprint density at radius 3 is 2.88 bits per heavy atom. The van der Waals surface area contributed by atoms with Crippen LogP contribution in [0.1, 0.15) is 18.4 Å². The van der Waals surface area contributed by atoms with Gasteiger partial charge in [0, 0.05) is 19.2 Å². The van der Waals surface area contributed by atoms with Gasteiger partial charge in [-0.05, 0) is 41.2 Å². The summed E-state index contributed by atoms with van der Waals surface area (Å²) in [6.07, 6.45) is 5.09. The van der Waals surface area contributed by atoms with Crippen molar-refractivity contribution in [3.63, 3.8) is 0 Å². The molecular formula is C20H23NO3. The third kappa shape index (κ3) is 4.91. The Bertz CT molecular complexity index is 716. The first kappa shape index (κ1) is 16.7. The number of amides is 1. The number of fused-ring (bicyclic) bond motifs is 1. The van der Waals surface area contributed by atoms with Crippen molar-refractivity contribution in [2.24, 2.45) is 5.92 Å². The van der Waals surface area contributed by atoms with Crippen LogP contribution in [0.3, 0.4) is 0 Å². The van der Waals surface area contributed by atoms with Gasteiger partial charge in [0.15, 0.2) is 0 Å². The summed E-state index contributed by atoms with van der Waals surface area (Å²) < 4.78 is 5.41. The predicted molar refractivity (Wildman–Crippen MR) is 95.5 cm³/mol. The van der Waals surface area contributed by atoms with E-state index in [4.69, 9.17) is 4.74 Å². The Morgan fingerprint density at radius 2 is 2.04 bits per heavy atom. The van der Waals surface area contributed by atoms with Crippen LogP contribution in [0, 0.1) is 5.92 Å². The Kier molecular flexibility index (Phi) is 5.62. The SMILES string of the molecule is O=C(/C=C/c1cccc2ccccc12)NCC(O)COCC1CC1. The third-order valence-electron chi connectivity index (χ3n) is 4.11. The molecular weight excluding hydrogens is 302 g/mol. The minimum absolute atomic E-state index is 0.198. The zero-order valence-electron chi connectivity index (χ0n) is 13.7. The van der Waals surface area contributed by atoms with Crippen molar-refractivity contribution < 1.29 is 14.6 Å². The molecule has 1 amide bonds.